The van der Waals surface area contributed by atoms with Crippen LogP contribution >= 0.6 is 0 Å². The smallest absolute Gasteiger partial charge is 0.275 e. The molecule has 1 aliphatic heterocycles. The second-order valence-electron chi connectivity index (χ2n) is 9.35. The minimum absolute atomic E-state index is 0.128. The van der Waals surface area contributed by atoms with Gasteiger partial charge in [0, 0.05) is 35.4 Å². The Hall–Kier alpha value is -3.16. The molecule has 2 amide bonds. The van der Waals surface area contributed by atoms with Crippen LogP contribution in [0.1, 0.15) is 61.4 Å². The molecule has 0 saturated carbocycles. The van der Waals surface area contributed by atoms with Crippen LogP contribution < -0.4 is 10.6 Å². The SMILES string of the molecule is CC1(C)CNC(=O)c2cc3ccc(C(=O)Nc4cc(C(C)(C)C)on4)nc3n2C1. The summed E-state index contributed by atoms with van der Waals surface area (Å²) in [5.41, 5.74) is 1.09. The van der Waals surface area contributed by atoms with E-state index < -0.39 is 0 Å². The molecule has 0 unspecified atom stereocenters. The average molecular weight is 395 g/mol. The standard InChI is InChI=1S/C21H25N5O3/c1-20(2,3)15-9-16(25-29-15)24-18(27)13-7-6-12-8-14-19(28)22-10-21(4,5)11-26(14)17(12)23-13/h6-9H,10-11H2,1-5H3,(H,22,28)(H,24,25,27). The fourth-order valence-corrected chi connectivity index (χ4v) is 3.36. The lowest BCUT2D eigenvalue weighted by Gasteiger charge is -2.22. The Morgan fingerprint density at radius 2 is 2.03 bits per heavy atom. The molecule has 0 atom stereocenters. The van der Waals surface area contributed by atoms with Crippen LogP contribution in [0.4, 0.5) is 5.82 Å². The quantitative estimate of drug-likeness (QED) is 0.693. The van der Waals surface area contributed by atoms with Crippen LogP contribution in [0.5, 0.6) is 0 Å². The summed E-state index contributed by atoms with van der Waals surface area (Å²) in [6, 6.07) is 6.98. The molecule has 0 fully saturated rings. The molecule has 29 heavy (non-hydrogen) atoms. The largest absolute Gasteiger partial charge is 0.359 e. The second kappa shape index (κ2) is 6.43. The fourth-order valence-electron chi connectivity index (χ4n) is 3.36. The Balaban J connectivity index is 1.67. The highest BCUT2D eigenvalue weighted by molar-refractivity contribution is 6.04. The summed E-state index contributed by atoms with van der Waals surface area (Å²) in [5, 5.41) is 10.4. The number of anilines is 1. The Morgan fingerprint density at radius 3 is 2.72 bits per heavy atom. The molecule has 0 radical (unpaired) electrons. The highest BCUT2D eigenvalue weighted by Crippen LogP contribution is 2.28. The zero-order valence-electron chi connectivity index (χ0n) is 17.3. The molecule has 2 N–H and O–H groups in total. The van der Waals surface area contributed by atoms with E-state index in [-0.39, 0.29) is 28.3 Å². The molecule has 3 aromatic heterocycles. The van der Waals surface area contributed by atoms with Gasteiger partial charge in [-0.05, 0) is 18.2 Å². The van der Waals surface area contributed by atoms with Crippen LogP contribution in [0, 0.1) is 5.41 Å². The van der Waals surface area contributed by atoms with E-state index in [1.165, 1.54) is 0 Å². The van der Waals surface area contributed by atoms with Crippen molar-refractivity contribution in [3.8, 4) is 0 Å². The first-order valence-corrected chi connectivity index (χ1v) is 9.61. The zero-order chi connectivity index (χ0) is 21.0. The van der Waals surface area contributed by atoms with E-state index in [9.17, 15) is 9.59 Å². The number of fused-ring (bicyclic) bond motifs is 3. The molecule has 4 rings (SSSR count). The second-order valence-corrected chi connectivity index (χ2v) is 9.35. The van der Waals surface area contributed by atoms with E-state index in [0.717, 1.165) is 5.39 Å². The number of nitrogens with zero attached hydrogens (tertiary/aromatic N) is 3. The van der Waals surface area contributed by atoms with Gasteiger partial charge in [-0.15, -0.1) is 0 Å². The van der Waals surface area contributed by atoms with E-state index in [1.54, 1.807) is 12.1 Å². The monoisotopic (exact) mass is 395 g/mol. The summed E-state index contributed by atoms with van der Waals surface area (Å²) >= 11 is 0. The molecule has 0 saturated heterocycles. The lowest BCUT2D eigenvalue weighted by Crippen LogP contribution is -2.31. The molecule has 0 aliphatic carbocycles. The molecule has 0 bridgehead atoms. The molecule has 8 nitrogen and oxygen atoms in total. The van der Waals surface area contributed by atoms with E-state index in [2.05, 4.69) is 34.6 Å². The van der Waals surface area contributed by atoms with Crippen molar-refractivity contribution in [3.63, 3.8) is 0 Å². The maximum absolute atomic E-state index is 12.7. The van der Waals surface area contributed by atoms with Crippen molar-refractivity contribution in [2.75, 3.05) is 11.9 Å². The first kappa shape index (κ1) is 19.2. The van der Waals surface area contributed by atoms with Crippen molar-refractivity contribution in [1.29, 1.82) is 0 Å². The molecule has 0 aromatic carbocycles. The molecule has 0 spiro atoms. The number of aromatic nitrogens is 3. The van der Waals surface area contributed by atoms with Crippen LogP contribution in [0.25, 0.3) is 11.0 Å². The first-order chi connectivity index (χ1) is 13.5. The van der Waals surface area contributed by atoms with Crippen molar-refractivity contribution in [3.05, 3.63) is 41.4 Å². The lowest BCUT2D eigenvalue weighted by molar-refractivity contribution is 0.0942. The van der Waals surface area contributed by atoms with Crippen LogP contribution in [-0.2, 0) is 12.0 Å². The van der Waals surface area contributed by atoms with Gasteiger partial charge >= 0.3 is 0 Å². The third kappa shape index (κ3) is 3.62. The van der Waals surface area contributed by atoms with Crippen LogP contribution in [0.2, 0.25) is 0 Å². The topological polar surface area (TPSA) is 102 Å². The number of hydrogen-bond donors (Lipinski definition) is 2. The number of pyridine rings is 1. The van der Waals surface area contributed by atoms with Gasteiger partial charge in [0.2, 0.25) is 0 Å². The van der Waals surface area contributed by atoms with Gasteiger partial charge in [0.05, 0.1) is 0 Å². The number of amides is 2. The van der Waals surface area contributed by atoms with Gasteiger partial charge < -0.3 is 19.7 Å². The average Bonchev–Trinajstić information content (AvgIpc) is 3.21. The molecular weight excluding hydrogens is 370 g/mol. The normalized spacial score (nSPS) is 16.2. The van der Waals surface area contributed by atoms with Crippen molar-refractivity contribution >= 4 is 28.7 Å². The van der Waals surface area contributed by atoms with Crippen molar-refractivity contribution < 1.29 is 14.1 Å². The first-order valence-electron chi connectivity index (χ1n) is 9.61. The summed E-state index contributed by atoms with van der Waals surface area (Å²) in [7, 11) is 0. The van der Waals surface area contributed by atoms with E-state index in [1.807, 2.05) is 37.5 Å². The Morgan fingerprint density at radius 1 is 1.28 bits per heavy atom. The third-order valence-corrected chi connectivity index (χ3v) is 5.01. The van der Waals surface area contributed by atoms with Gasteiger partial charge in [0.25, 0.3) is 11.8 Å². The summed E-state index contributed by atoms with van der Waals surface area (Å²) in [6.07, 6.45) is 0. The summed E-state index contributed by atoms with van der Waals surface area (Å²) in [5.74, 6) is 0.517. The van der Waals surface area contributed by atoms with Crippen LogP contribution in [0.3, 0.4) is 0 Å². The third-order valence-electron chi connectivity index (χ3n) is 5.01. The number of carbonyl (C=O) groups is 2. The lowest BCUT2D eigenvalue weighted by atomic mass is 9.93. The van der Waals surface area contributed by atoms with Crippen molar-refractivity contribution in [1.82, 2.24) is 20.0 Å². The minimum Gasteiger partial charge on any atom is -0.359 e. The Bertz CT molecular complexity index is 1120. The highest BCUT2D eigenvalue weighted by atomic mass is 16.5. The van der Waals surface area contributed by atoms with Crippen molar-refractivity contribution in [2.45, 2.75) is 46.6 Å². The van der Waals surface area contributed by atoms with Gasteiger partial charge in [-0.3, -0.25) is 9.59 Å². The fraction of sp³-hybridized carbons (Fsp3) is 0.429. The molecular formula is C21H25N5O3. The maximum atomic E-state index is 12.7. The Kier molecular flexibility index (Phi) is 4.25. The summed E-state index contributed by atoms with van der Waals surface area (Å²) in [6.45, 7) is 11.4. The maximum Gasteiger partial charge on any atom is 0.275 e. The van der Waals surface area contributed by atoms with Crippen molar-refractivity contribution in [2.24, 2.45) is 5.41 Å². The zero-order valence-corrected chi connectivity index (χ0v) is 17.3. The predicted octanol–water partition coefficient (Wildman–Crippen LogP) is 3.34. The molecule has 3 aromatic rings. The molecule has 152 valence electrons. The van der Waals surface area contributed by atoms with E-state index in [0.29, 0.717) is 36.0 Å². The molecule has 8 heteroatoms. The van der Waals surface area contributed by atoms with Crippen LogP contribution in [-0.4, -0.2) is 33.1 Å². The number of rotatable bonds is 2. The molecule has 1 aliphatic rings. The number of hydrogen-bond acceptors (Lipinski definition) is 5. The predicted molar refractivity (Wildman–Crippen MR) is 109 cm³/mol. The van der Waals surface area contributed by atoms with Crippen LogP contribution in [0.15, 0.2) is 28.8 Å². The van der Waals surface area contributed by atoms with Gasteiger partial charge in [-0.25, -0.2) is 4.98 Å². The minimum atomic E-state index is -0.381. The number of carbonyl (C=O) groups excluding carboxylic acids is 2. The summed E-state index contributed by atoms with van der Waals surface area (Å²) in [4.78, 5) is 29.7. The van der Waals surface area contributed by atoms with Gasteiger partial charge in [0.1, 0.15) is 22.8 Å². The highest BCUT2D eigenvalue weighted by Gasteiger charge is 2.29. The van der Waals surface area contributed by atoms with E-state index >= 15 is 0 Å². The Labute approximate surface area is 168 Å². The molecule has 4 heterocycles. The summed E-state index contributed by atoms with van der Waals surface area (Å²) < 4.78 is 7.20. The van der Waals surface area contributed by atoms with Gasteiger partial charge in [0.15, 0.2) is 5.82 Å². The van der Waals surface area contributed by atoms with Gasteiger partial charge in [-0.2, -0.15) is 0 Å². The number of nitrogens with one attached hydrogen (secondary N) is 2. The van der Waals surface area contributed by atoms with E-state index in [4.69, 9.17) is 4.52 Å². The van der Waals surface area contributed by atoms with Gasteiger partial charge in [-0.1, -0.05) is 39.8 Å².